The molecule has 0 radical (unpaired) electrons. The van der Waals surface area contributed by atoms with Crippen LogP contribution in [-0.2, 0) is 24.3 Å². The van der Waals surface area contributed by atoms with Gasteiger partial charge in [0.1, 0.15) is 0 Å². The Morgan fingerprint density at radius 1 is 1.12 bits per heavy atom. The van der Waals surface area contributed by atoms with Crippen LogP contribution in [0.2, 0.25) is 10.3 Å². The maximum absolute atomic E-state index is 10.8. The Hall–Kier alpha value is -1.56. The first-order valence-corrected chi connectivity index (χ1v) is 7.93. The standard InChI is InChI=1S/C17H14Cl2N2O2.BrH/c18-16-17(19)21(10-15(22)23)11-20(16)8-7-12-5-6-13-3-1-2-4-14(13)9-12;/h1-6,9,11H,7-8,10H2;1H. The Kier molecular flexibility index (Phi) is 6.27. The molecular weight excluding hydrogens is 415 g/mol. The first kappa shape index (κ1) is 18.8. The van der Waals surface area contributed by atoms with Crippen molar-refractivity contribution in [2.75, 3.05) is 0 Å². The first-order valence-electron chi connectivity index (χ1n) is 7.17. The van der Waals surface area contributed by atoms with E-state index in [4.69, 9.17) is 28.3 Å². The van der Waals surface area contributed by atoms with Crippen molar-refractivity contribution in [3.63, 3.8) is 0 Å². The van der Waals surface area contributed by atoms with Gasteiger partial charge in [-0.25, -0.2) is 13.9 Å². The SMILES string of the molecule is O=C(O)Cn1c[n+](CCc2ccc3ccccc3c2)c(Cl)c1Cl.[Br-]. The van der Waals surface area contributed by atoms with Crippen LogP contribution in [0.1, 0.15) is 5.56 Å². The average molecular weight is 430 g/mol. The van der Waals surface area contributed by atoms with E-state index in [1.54, 1.807) is 10.9 Å². The number of rotatable bonds is 5. The van der Waals surface area contributed by atoms with Gasteiger partial charge in [-0.05, 0) is 39.5 Å². The fourth-order valence-corrected chi connectivity index (χ4v) is 3.01. The monoisotopic (exact) mass is 428 g/mol. The zero-order chi connectivity index (χ0) is 16.4. The average Bonchev–Trinajstić information content (AvgIpc) is 2.80. The summed E-state index contributed by atoms with van der Waals surface area (Å²) in [6.45, 7) is 0.422. The van der Waals surface area contributed by atoms with Crippen molar-refractivity contribution in [3.8, 4) is 0 Å². The molecule has 0 atom stereocenters. The number of imidazole rings is 1. The molecule has 2 aromatic carbocycles. The van der Waals surface area contributed by atoms with Gasteiger partial charge in [0.15, 0.2) is 6.54 Å². The van der Waals surface area contributed by atoms with Crippen LogP contribution >= 0.6 is 23.2 Å². The molecule has 3 rings (SSSR count). The van der Waals surface area contributed by atoms with Crippen molar-refractivity contribution in [1.82, 2.24) is 4.57 Å². The smallest absolute Gasteiger partial charge is 0.346 e. The second-order valence-electron chi connectivity index (χ2n) is 5.34. The number of hydrogen-bond donors (Lipinski definition) is 1. The van der Waals surface area contributed by atoms with E-state index < -0.39 is 5.97 Å². The lowest BCUT2D eigenvalue weighted by Crippen LogP contribution is -3.00. The molecule has 1 N–H and O–H groups in total. The van der Waals surface area contributed by atoms with E-state index in [0.717, 1.165) is 6.42 Å². The molecule has 1 aromatic heterocycles. The summed E-state index contributed by atoms with van der Waals surface area (Å²) < 4.78 is 3.19. The highest BCUT2D eigenvalue weighted by Gasteiger charge is 2.21. The molecule has 24 heavy (non-hydrogen) atoms. The second-order valence-corrected chi connectivity index (χ2v) is 6.06. The van der Waals surface area contributed by atoms with Gasteiger partial charge in [0.05, 0.1) is 6.54 Å². The molecule has 0 fully saturated rings. The Morgan fingerprint density at radius 3 is 2.54 bits per heavy atom. The number of aliphatic carboxylic acids is 1. The van der Waals surface area contributed by atoms with Crippen molar-refractivity contribution < 1.29 is 31.4 Å². The van der Waals surface area contributed by atoms with Gasteiger partial charge in [-0.1, -0.05) is 42.5 Å². The van der Waals surface area contributed by atoms with E-state index in [1.807, 2.05) is 12.1 Å². The summed E-state index contributed by atoms with van der Waals surface area (Å²) in [5.41, 5.74) is 1.19. The maximum atomic E-state index is 10.8. The summed E-state index contributed by atoms with van der Waals surface area (Å²) in [5, 5.41) is 11.9. The first-order chi connectivity index (χ1) is 11.0. The highest BCUT2D eigenvalue weighted by molar-refractivity contribution is 6.39. The van der Waals surface area contributed by atoms with Crippen molar-refractivity contribution in [3.05, 3.63) is 64.7 Å². The minimum absolute atomic E-state index is 0. The third-order valence-corrected chi connectivity index (χ3v) is 4.60. The normalized spacial score (nSPS) is 10.6. The van der Waals surface area contributed by atoms with Gasteiger partial charge in [-0.3, -0.25) is 0 Å². The molecule has 7 heteroatoms. The Balaban J connectivity index is 0.00000208. The Morgan fingerprint density at radius 2 is 1.83 bits per heavy atom. The van der Waals surface area contributed by atoms with Crippen molar-refractivity contribution in [2.24, 2.45) is 0 Å². The molecule has 1 heterocycles. The highest BCUT2D eigenvalue weighted by Crippen LogP contribution is 2.19. The van der Waals surface area contributed by atoms with Crippen LogP contribution in [-0.4, -0.2) is 15.6 Å². The van der Waals surface area contributed by atoms with Crippen molar-refractivity contribution in [2.45, 2.75) is 19.5 Å². The van der Waals surface area contributed by atoms with E-state index in [0.29, 0.717) is 11.7 Å². The molecule has 0 aliphatic rings. The molecule has 4 nitrogen and oxygen atoms in total. The number of nitrogens with zero attached hydrogens (tertiary/aromatic N) is 2. The lowest BCUT2D eigenvalue weighted by atomic mass is 10.1. The Labute approximate surface area is 160 Å². The second kappa shape index (κ2) is 8.01. The molecule has 0 spiro atoms. The van der Waals surface area contributed by atoms with Crippen molar-refractivity contribution >= 4 is 39.9 Å². The summed E-state index contributed by atoms with van der Waals surface area (Å²) in [7, 11) is 0. The zero-order valence-corrected chi connectivity index (χ0v) is 15.7. The number of carbonyl (C=O) groups is 1. The van der Waals surface area contributed by atoms with E-state index in [-0.39, 0.29) is 28.7 Å². The Bertz CT molecular complexity index is 880. The van der Waals surface area contributed by atoms with Crippen LogP contribution in [0, 0.1) is 0 Å². The fourth-order valence-electron chi connectivity index (χ4n) is 2.56. The highest BCUT2D eigenvalue weighted by atomic mass is 79.9. The fraction of sp³-hybridized carbons (Fsp3) is 0.176. The third-order valence-electron chi connectivity index (χ3n) is 3.71. The summed E-state index contributed by atoms with van der Waals surface area (Å²) in [4.78, 5) is 10.8. The third kappa shape index (κ3) is 4.09. The number of carboxylic acid groups (broad SMARTS) is 1. The minimum Gasteiger partial charge on any atom is -1.00 e. The molecule has 0 aliphatic heterocycles. The van der Waals surface area contributed by atoms with Gasteiger partial charge in [0.25, 0.3) is 10.3 Å². The van der Waals surface area contributed by atoms with Crippen LogP contribution in [0.4, 0.5) is 0 Å². The number of carboxylic acids is 1. The predicted molar refractivity (Wildman–Crippen MR) is 89.9 cm³/mol. The van der Waals surface area contributed by atoms with Crippen molar-refractivity contribution in [1.29, 1.82) is 0 Å². The lowest BCUT2D eigenvalue weighted by Gasteiger charge is -2.03. The van der Waals surface area contributed by atoms with Crippen LogP contribution in [0.25, 0.3) is 10.8 Å². The zero-order valence-electron chi connectivity index (χ0n) is 12.6. The van der Waals surface area contributed by atoms with E-state index >= 15 is 0 Å². The van der Waals surface area contributed by atoms with Gasteiger partial charge in [0.2, 0.25) is 6.33 Å². The minimum atomic E-state index is -0.958. The molecule has 3 aromatic rings. The topological polar surface area (TPSA) is 46.1 Å². The molecule has 0 aliphatic carbocycles. The number of benzene rings is 2. The van der Waals surface area contributed by atoms with Gasteiger partial charge in [0, 0.05) is 6.42 Å². The molecule has 0 bridgehead atoms. The number of hydrogen-bond acceptors (Lipinski definition) is 1. The lowest BCUT2D eigenvalue weighted by molar-refractivity contribution is -0.693. The van der Waals surface area contributed by atoms with E-state index in [1.165, 1.54) is 20.9 Å². The van der Waals surface area contributed by atoms with Gasteiger partial charge < -0.3 is 22.1 Å². The number of aromatic nitrogens is 2. The molecule has 0 amide bonds. The summed E-state index contributed by atoms with van der Waals surface area (Å²) in [5.74, 6) is -0.958. The summed E-state index contributed by atoms with van der Waals surface area (Å²) >= 11 is 12.2. The molecule has 0 unspecified atom stereocenters. The predicted octanol–water partition coefficient (Wildman–Crippen LogP) is 0.567. The molecule has 0 saturated carbocycles. The van der Waals surface area contributed by atoms with Crippen LogP contribution in [0.3, 0.4) is 0 Å². The van der Waals surface area contributed by atoms with Crippen LogP contribution in [0.15, 0.2) is 48.8 Å². The maximum Gasteiger partial charge on any atom is 0.346 e. The van der Waals surface area contributed by atoms with E-state index in [9.17, 15) is 4.79 Å². The molecular formula is C17H15BrCl2N2O2. The van der Waals surface area contributed by atoms with Crippen LogP contribution < -0.4 is 21.5 Å². The number of fused-ring (bicyclic) bond motifs is 1. The number of halogens is 3. The molecule has 126 valence electrons. The van der Waals surface area contributed by atoms with Gasteiger partial charge in [-0.2, -0.15) is 0 Å². The quantitative estimate of drug-likeness (QED) is 0.602. The van der Waals surface area contributed by atoms with Gasteiger partial charge >= 0.3 is 5.97 Å². The summed E-state index contributed by atoms with van der Waals surface area (Å²) in [6.07, 6.45) is 2.42. The number of aryl methyl sites for hydroxylation is 2. The largest absolute Gasteiger partial charge is 1.00 e. The van der Waals surface area contributed by atoms with Crippen LogP contribution in [0.5, 0.6) is 0 Å². The van der Waals surface area contributed by atoms with Gasteiger partial charge in [-0.15, -0.1) is 0 Å². The molecule has 0 saturated heterocycles. The summed E-state index contributed by atoms with van der Waals surface area (Å²) in [6, 6.07) is 14.5. The van der Waals surface area contributed by atoms with E-state index in [2.05, 4.69) is 30.3 Å².